The average Bonchev–Trinajstić information content (AvgIpc) is 3.33. The van der Waals surface area contributed by atoms with E-state index in [2.05, 4.69) is 69.4 Å². The van der Waals surface area contributed by atoms with Gasteiger partial charge in [-0.1, -0.05) is 275 Å². The van der Waals surface area contributed by atoms with Crippen molar-refractivity contribution in [2.24, 2.45) is 0 Å². The molecule has 390 valence electrons. The largest absolute Gasteiger partial charge is 0.462 e. The van der Waals surface area contributed by atoms with Gasteiger partial charge in [0, 0.05) is 19.3 Å². The van der Waals surface area contributed by atoms with Crippen molar-refractivity contribution in [1.29, 1.82) is 0 Å². The van der Waals surface area contributed by atoms with Crippen LogP contribution in [0.4, 0.5) is 0 Å². The van der Waals surface area contributed by atoms with Crippen LogP contribution < -0.4 is 0 Å². The van der Waals surface area contributed by atoms with Gasteiger partial charge in [0.15, 0.2) is 6.10 Å². The fourth-order valence-electron chi connectivity index (χ4n) is 8.49. The van der Waals surface area contributed by atoms with Gasteiger partial charge in [-0.2, -0.15) is 0 Å². The maximum absolute atomic E-state index is 12.9. The van der Waals surface area contributed by atoms with Crippen LogP contribution in [-0.4, -0.2) is 37.2 Å². The zero-order chi connectivity index (χ0) is 48.6. The quantitative estimate of drug-likeness (QED) is 0.0262. The highest BCUT2D eigenvalue weighted by molar-refractivity contribution is 5.71. The lowest BCUT2D eigenvalue weighted by Gasteiger charge is -2.18. The molecule has 0 aliphatic heterocycles. The van der Waals surface area contributed by atoms with Gasteiger partial charge in [-0.3, -0.25) is 14.4 Å². The van der Waals surface area contributed by atoms with E-state index in [-0.39, 0.29) is 31.1 Å². The number of hydrogen-bond acceptors (Lipinski definition) is 6. The van der Waals surface area contributed by atoms with Crippen LogP contribution in [-0.2, 0) is 28.6 Å². The molecule has 0 amide bonds. The molecule has 1 atom stereocenters. The molecule has 1 unspecified atom stereocenters. The number of hydrogen-bond donors (Lipinski definition) is 0. The molecule has 0 bridgehead atoms. The van der Waals surface area contributed by atoms with Crippen molar-refractivity contribution in [3.63, 3.8) is 0 Å². The van der Waals surface area contributed by atoms with Gasteiger partial charge < -0.3 is 14.2 Å². The summed E-state index contributed by atoms with van der Waals surface area (Å²) in [5.41, 5.74) is 0. The van der Waals surface area contributed by atoms with E-state index in [0.717, 1.165) is 89.9 Å². The molecule has 0 saturated heterocycles. The second-order valence-corrected chi connectivity index (χ2v) is 19.5. The van der Waals surface area contributed by atoms with E-state index in [4.69, 9.17) is 14.2 Å². The molecule has 67 heavy (non-hydrogen) atoms. The molecule has 0 aromatic carbocycles. The van der Waals surface area contributed by atoms with Crippen LogP contribution in [0, 0.1) is 0 Å². The van der Waals surface area contributed by atoms with E-state index in [1.54, 1.807) is 0 Å². The number of carbonyl (C=O) groups excluding carboxylic acids is 3. The van der Waals surface area contributed by atoms with Gasteiger partial charge in [-0.05, 0) is 57.8 Å². The summed E-state index contributed by atoms with van der Waals surface area (Å²) < 4.78 is 16.9. The molecule has 0 aromatic rings. The molecule has 0 radical (unpaired) electrons. The topological polar surface area (TPSA) is 78.9 Å². The lowest BCUT2D eigenvalue weighted by Crippen LogP contribution is -2.30. The van der Waals surface area contributed by atoms with E-state index in [1.807, 2.05) is 0 Å². The minimum Gasteiger partial charge on any atom is -0.462 e. The Morgan fingerprint density at radius 3 is 0.910 bits per heavy atom. The van der Waals surface area contributed by atoms with E-state index < -0.39 is 6.10 Å². The Hall–Kier alpha value is -2.63. The molecule has 0 aromatic heterocycles. The Balaban J connectivity index is 4.36. The molecular formula is C61H110O6. The first-order chi connectivity index (χ1) is 33.0. The molecule has 0 saturated carbocycles. The second-order valence-electron chi connectivity index (χ2n) is 19.5. The van der Waals surface area contributed by atoms with Crippen molar-refractivity contribution < 1.29 is 28.6 Å². The maximum Gasteiger partial charge on any atom is 0.306 e. The van der Waals surface area contributed by atoms with Crippen LogP contribution >= 0.6 is 0 Å². The lowest BCUT2D eigenvalue weighted by atomic mass is 10.0. The predicted molar refractivity (Wildman–Crippen MR) is 289 cm³/mol. The third-order valence-corrected chi connectivity index (χ3v) is 12.8. The Bertz CT molecular complexity index is 1170. The van der Waals surface area contributed by atoms with Gasteiger partial charge >= 0.3 is 17.9 Å². The monoisotopic (exact) mass is 939 g/mol. The van der Waals surface area contributed by atoms with Gasteiger partial charge in [0.1, 0.15) is 13.2 Å². The first-order valence-corrected chi connectivity index (χ1v) is 29.1. The van der Waals surface area contributed by atoms with Crippen molar-refractivity contribution in [3.8, 4) is 0 Å². The number of allylic oxidation sites excluding steroid dienone is 8. The average molecular weight is 940 g/mol. The number of ether oxygens (including phenoxy) is 3. The Morgan fingerprint density at radius 1 is 0.313 bits per heavy atom. The summed E-state index contributed by atoms with van der Waals surface area (Å²) in [5, 5.41) is 0. The molecule has 0 heterocycles. The Labute approximate surface area is 416 Å². The molecule has 0 rings (SSSR count). The second kappa shape index (κ2) is 56.0. The van der Waals surface area contributed by atoms with Crippen molar-refractivity contribution in [2.45, 2.75) is 309 Å². The molecule has 0 aliphatic carbocycles. The SMILES string of the molecule is CC/C=C\C/C=C\C/C=C\C/C=C\CCCCCCCCC(=O)OCC(COC(=O)CCCCCCCCCCCCCCCC)OC(=O)CCCCCCCCCCCCCCCCCC. The predicted octanol–water partition coefficient (Wildman–Crippen LogP) is 19.4. The highest BCUT2D eigenvalue weighted by Gasteiger charge is 2.19. The number of esters is 3. The van der Waals surface area contributed by atoms with E-state index in [1.165, 1.54) is 173 Å². The maximum atomic E-state index is 12.9. The molecule has 0 aliphatic rings. The smallest absolute Gasteiger partial charge is 0.306 e. The van der Waals surface area contributed by atoms with Crippen LogP contribution in [0.15, 0.2) is 48.6 Å². The summed E-state index contributed by atoms with van der Waals surface area (Å²) in [4.78, 5) is 38.2. The molecule has 6 nitrogen and oxygen atoms in total. The van der Waals surface area contributed by atoms with Crippen LogP contribution in [0.3, 0.4) is 0 Å². The van der Waals surface area contributed by atoms with E-state index >= 15 is 0 Å². The molecule has 0 spiro atoms. The fourth-order valence-corrected chi connectivity index (χ4v) is 8.49. The first kappa shape index (κ1) is 64.4. The van der Waals surface area contributed by atoms with E-state index in [0.29, 0.717) is 19.3 Å². The highest BCUT2D eigenvalue weighted by atomic mass is 16.6. The third kappa shape index (κ3) is 54.2. The fraction of sp³-hybridized carbons (Fsp3) is 0.820. The lowest BCUT2D eigenvalue weighted by molar-refractivity contribution is -0.167. The first-order valence-electron chi connectivity index (χ1n) is 29.1. The Kier molecular flexibility index (Phi) is 53.8. The number of carbonyl (C=O) groups is 3. The number of rotatable bonds is 53. The van der Waals surface area contributed by atoms with Crippen molar-refractivity contribution in [2.75, 3.05) is 13.2 Å². The minimum atomic E-state index is -0.775. The molecule has 6 heteroatoms. The standard InChI is InChI=1S/C61H110O6/c1-4-7-10-13-16-19-22-25-28-30-31-32-34-36-39-42-45-48-51-54-60(63)66-57-58(56-65-59(62)53-50-47-44-41-38-35-27-24-21-18-15-12-9-6-3)67-61(64)55-52-49-46-43-40-37-33-29-26-23-20-17-14-11-8-5-2/h7,10,16,19,25,28,31-32,58H,4-6,8-9,11-15,17-18,20-24,26-27,29-30,33-57H2,1-3H3/b10-7-,19-16-,28-25-,32-31-. The molecule has 0 fully saturated rings. The van der Waals surface area contributed by atoms with Gasteiger partial charge in [0.2, 0.25) is 0 Å². The van der Waals surface area contributed by atoms with Gasteiger partial charge in [0.25, 0.3) is 0 Å². The molecular weight excluding hydrogens is 829 g/mol. The van der Waals surface area contributed by atoms with Crippen LogP contribution in [0.25, 0.3) is 0 Å². The summed E-state index contributed by atoms with van der Waals surface area (Å²) >= 11 is 0. The van der Waals surface area contributed by atoms with Crippen molar-refractivity contribution >= 4 is 17.9 Å². The summed E-state index contributed by atoms with van der Waals surface area (Å²) in [5.74, 6) is -0.870. The summed E-state index contributed by atoms with van der Waals surface area (Å²) in [6, 6.07) is 0. The van der Waals surface area contributed by atoms with Crippen molar-refractivity contribution in [1.82, 2.24) is 0 Å². The summed E-state index contributed by atoms with van der Waals surface area (Å²) in [6.45, 7) is 6.56. The van der Waals surface area contributed by atoms with Crippen LogP contribution in [0.5, 0.6) is 0 Å². The highest BCUT2D eigenvalue weighted by Crippen LogP contribution is 2.17. The van der Waals surface area contributed by atoms with Gasteiger partial charge in [-0.15, -0.1) is 0 Å². The summed E-state index contributed by atoms with van der Waals surface area (Å²) in [6.07, 6.45) is 68.1. The zero-order valence-corrected chi connectivity index (χ0v) is 44.7. The van der Waals surface area contributed by atoms with Gasteiger partial charge in [0.05, 0.1) is 0 Å². The van der Waals surface area contributed by atoms with Crippen LogP contribution in [0.1, 0.15) is 303 Å². The molecule has 0 N–H and O–H groups in total. The normalized spacial score (nSPS) is 12.3. The summed E-state index contributed by atoms with van der Waals surface area (Å²) in [7, 11) is 0. The zero-order valence-electron chi connectivity index (χ0n) is 44.7. The van der Waals surface area contributed by atoms with Crippen LogP contribution in [0.2, 0.25) is 0 Å². The number of unbranched alkanes of at least 4 members (excludes halogenated alkanes) is 34. The minimum absolute atomic E-state index is 0.0731. The third-order valence-electron chi connectivity index (χ3n) is 12.8. The van der Waals surface area contributed by atoms with Gasteiger partial charge in [-0.25, -0.2) is 0 Å². The Morgan fingerprint density at radius 2 is 0.582 bits per heavy atom. The van der Waals surface area contributed by atoms with Crippen molar-refractivity contribution in [3.05, 3.63) is 48.6 Å². The van der Waals surface area contributed by atoms with E-state index in [9.17, 15) is 14.4 Å².